The highest BCUT2D eigenvalue weighted by molar-refractivity contribution is 5.60. The average Bonchev–Trinajstić information content (AvgIpc) is 3.04. The van der Waals surface area contributed by atoms with E-state index in [9.17, 15) is 0 Å². The Balaban J connectivity index is 1.56. The summed E-state index contributed by atoms with van der Waals surface area (Å²) in [5.41, 5.74) is 3.24. The van der Waals surface area contributed by atoms with E-state index in [0.29, 0.717) is 6.04 Å². The van der Waals surface area contributed by atoms with Gasteiger partial charge in [-0.05, 0) is 25.0 Å². The molecule has 2 aromatic heterocycles. The van der Waals surface area contributed by atoms with Crippen LogP contribution in [0.4, 0.5) is 5.69 Å². The van der Waals surface area contributed by atoms with Crippen molar-refractivity contribution in [1.82, 2.24) is 24.5 Å². The van der Waals surface area contributed by atoms with Crippen LogP contribution in [-0.4, -0.2) is 24.5 Å². The molecule has 4 rings (SSSR count). The van der Waals surface area contributed by atoms with Gasteiger partial charge in [-0.1, -0.05) is 17.3 Å². The molecule has 2 heterocycles. The number of rotatable bonds is 5. The first-order chi connectivity index (χ1) is 10.4. The number of aromatic nitrogens is 5. The highest BCUT2D eigenvalue weighted by Crippen LogP contribution is 2.35. The molecule has 6 nitrogen and oxygen atoms in total. The van der Waals surface area contributed by atoms with E-state index in [2.05, 4.69) is 31.2 Å². The number of nitrogens with one attached hydrogen (secondary N) is 1. The number of para-hydroxylation sites is 2. The lowest BCUT2D eigenvalue weighted by molar-refractivity contribution is 0.700. The zero-order chi connectivity index (χ0) is 14.1. The summed E-state index contributed by atoms with van der Waals surface area (Å²) in [6.45, 7) is 0.752. The van der Waals surface area contributed by atoms with E-state index < -0.39 is 0 Å². The molecule has 21 heavy (non-hydrogen) atoms. The quantitative estimate of drug-likeness (QED) is 0.779. The molecule has 6 heteroatoms. The van der Waals surface area contributed by atoms with Crippen LogP contribution in [0.1, 0.15) is 24.6 Å². The summed E-state index contributed by atoms with van der Waals surface area (Å²) in [6.07, 6.45) is 9.91. The molecule has 1 fully saturated rings. The Kier molecular flexibility index (Phi) is 2.92. The second-order valence-electron chi connectivity index (χ2n) is 5.24. The number of anilines is 1. The van der Waals surface area contributed by atoms with Crippen LogP contribution < -0.4 is 5.32 Å². The molecule has 106 valence electrons. The molecule has 3 aromatic rings. The molecular formula is C15H16N6. The molecule has 0 amide bonds. The van der Waals surface area contributed by atoms with Gasteiger partial charge in [0.15, 0.2) is 0 Å². The molecule has 0 radical (unpaired) electrons. The van der Waals surface area contributed by atoms with Crippen LogP contribution in [-0.2, 0) is 6.54 Å². The van der Waals surface area contributed by atoms with Crippen molar-refractivity contribution in [2.75, 3.05) is 5.32 Å². The molecule has 1 aliphatic carbocycles. The Morgan fingerprint density at radius 3 is 2.95 bits per heavy atom. The summed E-state index contributed by atoms with van der Waals surface area (Å²) in [5, 5.41) is 11.4. The second kappa shape index (κ2) is 5.05. The standard InChI is InChI=1S/C15H16N6/c1-2-4-15(21-8-7-18-19-21)14(3-1)17-10-13-9-16-11-20(13)12-5-6-12/h1-4,7-9,11-12,17H,5-6,10H2. The summed E-state index contributed by atoms with van der Waals surface area (Å²) >= 11 is 0. The zero-order valence-corrected chi connectivity index (χ0v) is 11.6. The van der Waals surface area contributed by atoms with Gasteiger partial charge in [0.1, 0.15) is 0 Å². The van der Waals surface area contributed by atoms with Gasteiger partial charge in [-0.25, -0.2) is 9.67 Å². The lowest BCUT2D eigenvalue weighted by Gasteiger charge is -2.12. The molecule has 0 atom stereocenters. The third-order valence-corrected chi connectivity index (χ3v) is 3.72. The van der Waals surface area contributed by atoms with E-state index in [0.717, 1.165) is 17.9 Å². The first-order valence-electron chi connectivity index (χ1n) is 7.12. The number of imidazole rings is 1. The number of hydrogen-bond donors (Lipinski definition) is 1. The zero-order valence-electron chi connectivity index (χ0n) is 11.6. The van der Waals surface area contributed by atoms with Crippen LogP contribution in [0.25, 0.3) is 5.69 Å². The van der Waals surface area contributed by atoms with E-state index in [1.165, 1.54) is 18.5 Å². The number of hydrogen-bond acceptors (Lipinski definition) is 4. The van der Waals surface area contributed by atoms with Crippen molar-refractivity contribution in [3.8, 4) is 5.69 Å². The van der Waals surface area contributed by atoms with E-state index in [-0.39, 0.29) is 0 Å². The first kappa shape index (κ1) is 12.1. The molecule has 1 aliphatic rings. The molecule has 1 saturated carbocycles. The van der Waals surface area contributed by atoms with Crippen molar-refractivity contribution in [3.63, 3.8) is 0 Å². The van der Waals surface area contributed by atoms with Gasteiger partial charge in [0.05, 0.1) is 42.3 Å². The predicted octanol–water partition coefficient (Wildman–Crippen LogP) is 2.41. The maximum Gasteiger partial charge on any atom is 0.0951 e. The van der Waals surface area contributed by atoms with E-state index in [1.54, 1.807) is 10.9 Å². The van der Waals surface area contributed by atoms with Crippen molar-refractivity contribution in [2.24, 2.45) is 0 Å². The van der Waals surface area contributed by atoms with Crippen LogP contribution >= 0.6 is 0 Å². The highest BCUT2D eigenvalue weighted by atomic mass is 15.4. The molecule has 0 aliphatic heterocycles. The molecule has 0 bridgehead atoms. The number of benzene rings is 1. The maximum absolute atomic E-state index is 4.26. The topological polar surface area (TPSA) is 60.6 Å². The minimum absolute atomic E-state index is 0.648. The van der Waals surface area contributed by atoms with Gasteiger partial charge in [0, 0.05) is 12.2 Å². The molecule has 1 aromatic carbocycles. The normalized spacial score (nSPS) is 14.3. The van der Waals surface area contributed by atoms with Gasteiger partial charge >= 0.3 is 0 Å². The van der Waals surface area contributed by atoms with Crippen molar-refractivity contribution in [1.29, 1.82) is 0 Å². The Labute approximate surface area is 122 Å². The number of nitrogens with zero attached hydrogens (tertiary/aromatic N) is 5. The Morgan fingerprint density at radius 1 is 1.24 bits per heavy atom. The summed E-state index contributed by atoms with van der Waals surface area (Å²) < 4.78 is 4.03. The third-order valence-electron chi connectivity index (χ3n) is 3.72. The van der Waals surface area contributed by atoms with Crippen molar-refractivity contribution < 1.29 is 0 Å². The molecule has 1 N–H and O–H groups in total. The smallest absolute Gasteiger partial charge is 0.0951 e. The van der Waals surface area contributed by atoms with Gasteiger partial charge < -0.3 is 9.88 Å². The Hall–Kier alpha value is -2.63. The maximum atomic E-state index is 4.26. The molecular weight excluding hydrogens is 264 g/mol. The minimum atomic E-state index is 0.648. The van der Waals surface area contributed by atoms with Crippen LogP contribution in [0.3, 0.4) is 0 Å². The lowest BCUT2D eigenvalue weighted by Crippen LogP contribution is -2.08. The monoisotopic (exact) mass is 280 g/mol. The van der Waals surface area contributed by atoms with Crippen LogP contribution in [0.15, 0.2) is 49.2 Å². The van der Waals surface area contributed by atoms with Crippen LogP contribution in [0.2, 0.25) is 0 Å². The Bertz CT molecular complexity index is 726. The highest BCUT2D eigenvalue weighted by Gasteiger charge is 2.25. The summed E-state index contributed by atoms with van der Waals surface area (Å²) in [6, 6.07) is 8.73. The fourth-order valence-corrected chi connectivity index (χ4v) is 2.50. The molecule has 0 unspecified atom stereocenters. The molecule has 0 saturated heterocycles. The van der Waals surface area contributed by atoms with Crippen molar-refractivity contribution in [2.45, 2.75) is 25.4 Å². The van der Waals surface area contributed by atoms with Gasteiger partial charge in [-0.3, -0.25) is 0 Å². The third kappa shape index (κ3) is 2.40. The van der Waals surface area contributed by atoms with Crippen molar-refractivity contribution in [3.05, 3.63) is 54.9 Å². The SMILES string of the molecule is c1ccc(-n2ccnn2)c(NCc2cncn2C2CC2)c1. The van der Waals surface area contributed by atoms with Crippen LogP contribution in [0.5, 0.6) is 0 Å². The van der Waals surface area contributed by atoms with E-state index >= 15 is 0 Å². The minimum Gasteiger partial charge on any atom is -0.378 e. The molecule has 0 spiro atoms. The summed E-state index contributed by atoms with van der Waals surface area (Å²) in [4.78, 5) is 4.26. The van der Waals surface area contributed by atoms with E-state index in [1.807, 2.05) is 36.9 Å². The second-order valence-corrected chi connectivity index (χ2v) is 5.24. The average molecular weight is 280 g/mol. The summed E-state index contributed by atoms with van der Waals surface area (Å²) in [7, 11) is 0. The Morgan fingerprint density at radius 2 is 2.14 bits per heavy atom. The van der Waals surface area contributed by atoms with Gasteiger partial charge in [-0.15, -0.1) is 5.10 Å². The van der Waals surface area contributed by atoms with Crippen LogP contribution in [0, 0.1) is 0 Å². The van der Waals surface area contributed by atoms with Gasteiger partial charge in [0.2, 0.25) is 0 Å². The van der Waals surface area contributed by atoms with Gasteiger partial charge in [0.25, 0.3) is 0 Å². The first-order valence-corrected chi connectivity index (χ1v) is 7.12. The fourth-order valence-electron chi connectivity index (χ4n) is 2.50. The van der Waals surface area contributed by atoms with Crippen molar-refractivity contribution >= 4 is 5.69 Å². The summed E-state index contributed by atoms with van der Waals surface area (Å²) in [5.74, 6) is 0. The van der Waals surface area contributed by atoms with Gasteiger partial charge in [-0.2, -0.15) is 0 Å². The largest absolute Gasteiger partial charge is 0.378 e. The lowest BCUT2D eigenvalue weighted by atomic mass is 10.2. The predicted molar refractivity (Wildman–Crippen MR) is 79.2 cm³/mol. The van der Waals surface area contributed by atoms with E-state index in [4.69, 9.17) is 0 Å². The fraction of sp³-hybridized carbons (Fsp3) is 0.267.